The van der Waals surface area contributed by atoms with Crippen LogP contribution < -0.4 is 21.6 Å². The molecule has 2 aromatic carbocycles. The van der Waals surface area contributed by atoms with Gasteiger partial charge in [-0.3, -0.25) is 9.99 Å². The molecule has 2 fully saturated rings. The quantitative estimate of drug-likeness (QED) is 0.332. The average Bonchev–Trinajstić information content (AvgIpc) is 3.82. The van der Waals surface area contributed by atoms with Gasteiger partial charge < -0.3 is 16.1 Å². The Balaban J connectivity index is 1.43. The molecule has 3 aliphatic rings. The average molecular weight is 516 g/mol. The Hall–Kier alpha value is -3.48. The van der Waals surface area contributed by atoms with E-state index in [1.165, 1.54) is 12.1 Å². The molecule has 7 nitrogen and oxygen atoms in total. The molecule has 0 saturated heterocycles. The highest BCUT2D eigenvalue weighted by Crippen LogP contribution is 2.41. The molecule has 0 bridgehead atoms. The lowest BCUT2D eigenvalue weighted by molar-refractivity contribution is 0.260. The van der Waals surface area contributed by atoms with Crippen molar-refractivity contribution >= 4 is 41.7 Å². The number of aromatic nitrogens is 1. The van der Waals surface area contributed by atoms with Gasteiger partial charge >= 0.3 is 0 Å². The Labute approximate surface area is 221 Å². The van der Waals surface area contributed by atoms with Gasteiger partial charge in [0.25, 0.3) is 0 Å². The minimum Gasteiger partial charge on any atom is -0.380 e. The van der Waals surface area contributed by atoms with Gasteiger partial charge in [-0.2, -0.15) is 5.26 Å². The van der Waals surface area contributed by atoms with Gasteiger partial charge in [-0.05, 0) is 55.0 Å². The molecule has 6 rings (SSSR count). The summed E-state index contributed by atoms with van der Waals surface area (Å²) in [5, 5.41) is 20.4. The molecule has 2 heterocycles. The van der Waals surface area contributed by atoms with E-state index < -0.39 is 5.44 Å². The smallest absolute Gasteiger partial charge is 0.148 e. The zero-order valence-electron chi connectivity index (χ0n) is 20.8. The van der Waals surface area contributed by atoms with Gasteiger partial charge in [0.2, 0.25) is 0 Å². The first kappa shape index (κ1) is 23.9. The van der Waals surface area contributed by atoms with Gasteiger partial charge in [0.1, 0.15) is 19.7 Å². The maximum Gasteiger partial charge on any atom is 0.148 e. The third-order valence-corrected chi connectivity index (χ3v) is 7.99. The maximum absolute atomic E-state index is 13.8. The fraction of sp³-hybridized carbons (Fsp3) is 0.333. The number of hydrogen-bond donors (Lipinski definition) is 4. The number of hydrogen-bond acceptors (Lipinski definition) is 7. The summed E-state index contributed by atoms with van der Waals surface area (Å²) in [4.78, 5) is 4.49. The molecule has 2 saturated carbocycles. The highest BCUT2D eigenvalue weighted by molar-refractivity contribution is 6.36. The third-order valence-electron chi connectivity index (χ3n) is 7.70. The van der Waals surface area contributed by atoms with Gasteiger partial charge in [-0.25, -0.2) is 4.39 Å². The van der Waals surface area contributed by atoms with Crippen LogP contribution in [0.4, 0.5) is 15.8 Å². The minimum atomic E-state index is -0.737. The monoisotopic (exact) mass is 515 g/mol. The number of halogens is 2. The predicted octanol–water partition coefficient (Wildman–Crippen LogP) is 4.34. The molecular weight excluding hydrogens is 488 g/mol. The van der Waals surface area contributed by atoms with E-state index in [0.29, 0.717) is 34.1 Å². The Morgan fingerprint density at radius 2 is 2.08 bits per heavy atom. The topological polar surface area (TPSA) is 88.0 Å². The number of hydrazine groups is 2. The van der Waals surface area contributed by atoms with Gasteiger partial charge in [-0.1, -0.05) is 37.1 Å². The standard InChI is InChI=1S/C27H28BClFN7/c1-2-15-9-23(15)33-25-16(12-31)13-32-26-21(25)10-19(11-22(26)29)34-27(28,17-3-5-18(30)6-4-17)24-14-37(36-35-24)20-7-8-20/h3-6,10-11,13-15,20,23,34-36H,2,7-9,28H2,1H3,(H,32,33)/t15-,23-,27?/m1/s1. The zero-order chi connectivity index (χ0) is 25.7. The van der Waals surface area contributed by atoms with E-state index in [1.54, 1.807) is 18.3 Å². The molecule has 2 aliphatic carbocycles. The van der Waals surface area contributed by atoms with Crippen molar-refractivity contribution < 1.29 is 4.39 Å². The molecule has 3 atom stereocenters. The highest BCUT2D eigenvalue weighted by atomic mass is 35.5. The van der Waals surface area contributed by atoms with Gasteiger partial charge in [0.15, 0.2) is 0 Å². The lowest BCUT2D eigenvalue weighted by atomic mass is 9.69. The van der Waals surface area contributed by atoms with Crippen LogP contribution in [0.15, 0.2) is 54.5 Å². The Morgan fingerprint density at radius 3 is 2.76 bits per heavy atom. The summed E-state index contributed by atoms with van der Waals surface area (Å²) in [7, 11) is 2.05. The lowest BCUT2D eigenvalue weighted by Crippen LogP contribution is -2.45. The van der Waals surface area contributed by atoms with Crippen molar-refractivity contribution in [3.63, 3.8) is 0 Å². The summed E-state index contributed by atoms with van der Waals surface area (Å²) in [6.45, 7) is 2.18. The molecule has 3 aromatic rings. The molecule has 1 aliphatic heterocycles. The van der Waals surface area contributed by atoms with Crippen LogP contribution in [-0.2, 0) is 5.44 Å². The molecule has 0 spiro atoms. The second-order valence-corrected chi connectivity index (χ2v) is 10.7. The van der Waals surface area contributed by atoms with Crippen molar-refractivity contribution in [1.82, 2.24) is 21.0 Å². The number of anilines is 2. The van der Waals surface area contributed by atoms with Crippen molar-refractivity contribution in [2.24, 2.45) is 5.92 Å². The third kappa shape index (κ3) is 4.45. The molecule has 1 unspecified atom stereocenters. The first-order valence-corrected chi connectivity index (χ1v) is 13.1. The lowest BCUT2D eigenvalue weighted by Gasteiger charge is -2.34. The molecule has 1 aromatic heterocycles. The normalized spacial score (nSPS) is 22.1. The van der Waals surface area contributed by atoms with Crippen LogP contribution in [0.3, 0.4) is 0 Å². The molecule has 0 radical (unpaired) electrons. The van der Waals surface area contributed by atoms with E-state index in [2.05, 4.69) is 58.6 Å². The largest absolute Gasteiger partial charge is 0.380 e. The SMILES string of the molecule is BC(Nc1cc(Cl)c2ncc(C#N)c(N[C@@H]3C[C@H]3CC)c2c1)(C1=CN(C2CC2)NN1)c1ccc(F)cc1. The second kappa shape index (κ2) is 9.12. The van der Waals surface area contributed by atoms with Crippen LogP contribution in [0.5, 0.6) is 0 Å². The van der Waals surface area contributed by atoms with Gasteiger partial charge in [0, 0.05) is 35.6 Å². The van der Waals surface area contributed by atoms with Crippen molar-refractivity contribution in [2.45, 2.75) is 50.1 Å². The second-order valence-electron chi connectivity index (χ2n) is 10.3. The van der Waals surface area contributed by atoms with Crippen LogP contribution in [0.2, 0.25) is 5.02 Å². The Bertz CT molecular complexity index is 1440. The number of nitrogens with zero attached hydrogens (tertiary/aromatic N) is 3. The fourth-order valence-corrected chi connectivity index (χ4v) is 5.40. The molecule has 188 valence electrons. The molecule has 10 heteroatoms. The summed E-state index contributed by atoms with van der Waals surface area (Å²) >= 11 is 6.75. The van der Waals surface area contributed by atoms with Crippen molar-refractivity contribution in [3.05, 3.63) is 76.5 Å². The summed E-state index contributed by atoms with van der Waals surface area (Å²) in [5.74, 6) is 0.317. The van der Waals surface area contributed by atoms with Gasteiger partial charge in [0.05, 0.1) is 32.9 Å². The zero-order valence-corrected chi connectivity index (χ0v) is 21.5. The first-order chi connectivity index (χ1) is 17.9. The Morgan fingerprint density at radius 1 is 1.30 bits per heavy atom. The van der Waals surface area contributed by atoms with Crippen molar-refractivity contribution in [1.29, 1.82) is 5.26 Å². The number of rotatable bonds is 8. The minimum absolute atomic E-state index is 0.290. The number of benzene rings is 2. The van der Waals surface area contributed by atoms with E-state index in [4.69, 9.17) is 11.6 Å². The number of nitriles is 1. The van der Waals surface area contributed by atoms with E-state index in [0.717, 1.165) is 53.7 Å². The van der Waals surface area contributed by atoms with Crippen LogP contribution in [0, 0.1) is 23.1 Å². The van der Waals surface area contributed by atoms with E-state index in [-0.39, 0.29) is 5.82 Å². The number of fused-ring (bicyclic) bond motifs is 1. The van der Waals surface area contributed by atoms with Crippen LogP contribution in [0.1, 0.15) is 43.7 Å². The number of pyridine rings is 1. The summed E-state index contributed by atoms with van der Waals surface area (Å²) in [6.07, 6.45) is 8.12. The predicted molar refractivity (Wildman–Crippen MR) is 147 cm³/mol. The molecule has 0 amide bonds. The summed E-state index contributed by atoms with van der Waals surface area (Å²) in [6, 6.07) is 13.4. The summed E-state index contributed by atoms with van der Waals surface area (Å²) < 4.78 is 13.8. The van der Waals surface area contributed by atoms with Crippen LogP contribution >= 0.6 is 11.6 Å². The molecular formula is C27H28BClFN7. The number of nitrogens with one attached hydrogen (secondary N) is 4. The molecule has 4 N–H and O–H groups in total. The fourth-order valence-electron chi connectivity index (χ4n) is 5.13. The molecule has 37 heavy (non-hydrogen) atoms. The Kier molecular flexibility index (Phi) is 5.89. The van der Waals surface area contributed by atoms with Crippen molar-refractivity contribution in [2.75, 3.05) is 10.6 Å². The highest BCUT2D eigenvalue weighted by Gasteiger charge is 2.39. The van der Waals surface area contributed by atoms with Crippen molar-refractivity contribution in [3.8, 4) is 6.07 Å². The van der Waals surface area contributed by atoms with E-state index in [9.17, 15) is 9.65 Å². The van der Waals surface area contributed by atoms with Crippen LogP contribution in [-0.4, -0.2) is 29.9 Å². The summed E-state index contributed by atoms with van der Waals surface area (Å²) in [5.41, 5.74) is 10.3. The van der Waals surface area contributed by atoms with E-state index >= 15 is 0 Å². The maximum atomic E-state index is 13.8. The van der Waals surface area contributed by atoms with Gasteiger partial charge in [-0.15, -0.1) is 5.53 Å². The van der Waals surface area contributed by atoms with E-state index in [1.807, 2.05) is 12.1 Å². The van der Waals surface area contributed by atoms with Crippen LogP contribution in [0.25, 0.3) is 10.9 Å². The first-order valence-electron chi connectivity index (χ1n) is 12.7.